The molecule has 160 valence electrons. The van der Waals surface area contributed by atoms with Gasteiger partial charge in [0.2, 0.25) is 0 Å². The number of hydrogen-bond donors (Lipinski definition) is 1. The van der Waals surface area contributed by atoms with Crippen molar-refractivity contribution in [1.82, 2.24) is 14.6 Å². The van der Waals surface area contributed by atoms with Crippen molar-refractivity contribution in [2.75, 3.05) is 11.8 Å². The lowest BCUT2D eigenvalue weighted by Crippen LogP contribution is -2.15. The van der Waals surface area contributed by atoms with Crippen molar-refractivity contribution < 1.29 is 13.2 Å². The van der Waals surface area contributed by atoms with Crippen LogP contribution in [-0.2, 0) is 10.0 Å². The predicted molar refractivity (Wildman–Crippen MR) is 121 cm³/mol. The highest BCUT2D eigenvalue weighted by atomic mass is 32.2. The van der Waals surface area contributed by atoms with Crippen molar-refractivity contribution in [1.29, 1.82) is 0 Å². The summed E-state index contributed by atoms with van der Waals surface area (Å²) in [6.45, 7) is 7.70. The van der Waals surface area contributed by atoms with Crippen LogP contribution in [0.3, 0.4) is 0 Å². The molecule has 0 unspecified atom stereocenters. The number of ether oxygens (including phenoxy) is 1. The molecule has 4 aromatic rings. The Morgan fingerprint density at radius 3 is 2.55 bits per heavy atom. The van der Waals surface area contributed by atoms with E-state index in [1.807, 2.05) is 52.0 Å². The summed E-state index contributed by atoms with van der Waals surface area (Å²) in [4.78, 5) is 4.65. The van der Waals surface area contributed by atoms with Gasteiger partial charge in [-0.25, -0.2) is 17.9 Å². The van der Waals surface area contributed by atoms with Crippen molar-refractivity contribution in [2.45, 2.75) is 32.6 Å². The monoisotopic (exact) mass is 436 g/mol. The van der Waals surface area contributed by atoms with E-state index in [1.165, 1.54) is 7.11 Å². The highest BCUT2D eigenvalue weighted by Gasteiger charge is 2.23. The summed E-state index contributed by atoms with van der Waals surface area (Å²) in [6.07, 6.45) is 1.70. The smallest absolute Gasteiger partial charge is 0.265 e. The highest BCUT2D eigenvalue weighted by molar-refractivity contribution is 7.92. The first kappa shape index (κ1) is 20.9. The fraction of sp³-hybridized carbons (Fsp3) is 0.217. The second-order valence-corrected chi connectivity index (χ2v) is 9.20. The summed E-state index contributed by atoms with van der Waals surface area (Å²) >= 11 is 0. The molecule has 31 heavy (non-hydrogen) atoms. The standard InChI is InChI=1S/C23H24N4O3S/c1-14-7-6-8-20(17(14)4)26-31(28,29)22-12-18(9-10-21(22)30-5)19-13-24-27-16(3)11-15(2)25-23(19)27/h6-13,26H,1-5H3. The molecule has 0 saturated heterocycles. The number of fused-ring (bicyclic) bond motifs is 1. The van der Waals surface area contributed by atoms with Crippen LogP contribution < -0.4 is 9.46 Å². The third kappa shape index (κ3) is 3.74. The first-order chi connectivity index (χ1) is 14.7. The Kier molecular flexibility index (Phi) is 5.18. The fourth-order valence-electron chi connectivity index (χ4n) is 3.59. The average Bonchev–Trinajstić information content (AvgIpc) is 3.15. The number of aryl methyl sites for hydroxylation is 3. The summed E-state index contributed by atoms with van der Waals surface area (Å²) in [5.74, 6) is 0.262. The van der Waals surface area contributed by atoms with E-state index in [-0.39, 0.29) is 10.6 Å². The number of nitrogens with zero attached hydrogens (tertiary/aromatic N) is 3. The van der Waals surface area contributed by atoms with Crippen molar-refractivity contribution in [3.63, 3.8) is 0 Å². The molecule has 0 radical (unpaired) electrons. The molecular formula is C23H24N4O3S. The largest absolute Gasteiger partial charge is 0.495 e. The number of aromatic nitrogens is 3. The molecule has 0 spiro atoms. The maximum Gasteiger partial charge on any atom is 0.265 e. The van der Waals surface area contributed by atoms with E-state index < -0.39 is 10.0 Å². The normalized spacial score (nSPS) is 11.6. The van der Waals surface area contributed by atoms with Crippen LogP contribution in [0.5, 0.6) is 5.75 Å². The minimum absolute atomic E-state index is 0.0529. The van der Waals surface area contributed by atoms with Crippen molar-refractivity contribution in [2.24, 2.45) is 0 Å². The number of sulfonamides is 1. The Balaban J connectivity index is 1.84. The first-order valence-electron chi connectivity index (χ1n) is 9.80. The summed E-state index contributed by atoms with van der Waals surface area (Å²) < 4.78 is 36.4. The number of methoxy groups -OCH3 is 1. The Hall–Kier alpha value is -3.39. The Morgan fingerprint density at radius 2 is 1.81 bits per heavy atom. The SMILES string of the molecule is COc1ccc(-c2cnn3c(C)cc(C)nc23)cc1S(=O)(=O)Nc1cccc(C)c1C. The lowest BCUT2D eigenvalue weighted by Gasteiger charge is -2.15. The molecule has 8 heteroatoms. The van der Waals surface area contributed by atoms with Gasteiger partial charge < -0.3 is 4.74 Å². The van der Waals surface area contributed by atoms with Gasteiger partial charge in [0.1, 0.15) is 10.6 Å². The molecule has 4 rings (SSSR count). The quantitative estimate of drug-likeness (QED) is 0.500. The van der Waals surface area contributed by atoms with E-state index >= 15 is 0 Å². The first-order valence-corrected chi connectivity index (χ1v) is 11.3. The maximum atomic E-state index is 13.3. The van der Waals surface area contributed by atoms with Gasteiger partial charge in [0.25, 0.3) is 10.0 Å². The molecule has 0 fully saturated rings. The molecule has 7 nitrogen and oxygen atoms in total. The number of hydrogen-bond acceptors (Lipinski definition) is 5. The molecule has 0 aliphatic heterocycles. The van der Waals surface area contributed by atoms with Gasteiger partial charge >= 0.3 is 0 Å². The van der Waals surface area contributed by atoms with E-state index in [4.69, 9.17) is 4.74 Å². The molecule has 0 aliphatic rings. The Labute approximate surface area is 181 Å². The summed E-state index contributed by atoms with van der Waals surface area (Å²) in [5, 5.41) is 4.42. The molecule has 2 aromatic heterocycles. The van der Waals surface area contributed by atoms with Gasteiger partial charge in [0.05, 0.1) is 19.0 Å². The second-order valence-electron chi connectivity index (χ2n) is 7.55. The van der Waals surface area contributed by atoms with Crippen LogP contribution in [0.2, 0.25) is 0 Å². The van der Waals surface area contributed by atoms with Crippen LogP contribution in [0.4, 0.5) is 5.69 Å². The maximum absolute atomic E-state index is 13.3. The van der Waals surface area contributed by atoms with Crippen molar-refractivity contribution >= 4 is 21.4 Å². The number of anilines is 1. The third-order valence-electron chi connectivity index (χ3n) is 5.39. The summed E-state index contributed by atoms with van der Waals surface area (Å²) in [6, 6.07) is 12.5. The topological polar surface area (TPSA) is 85.6 Å². The number of nitrogens with one attached hydrogen (secondary N) is 1. The number of benzene rings is 2. The zero-order valence-corrected chi connectivity index (χ0v) is 18.9. The predicted octanol–water partition coefficient (Wildman–Crippen LogP) is 4.44. The minimum atomic E-state index is -3.90. The van der Waals surface area contributed by atoms with Crippen LogP contribution >= 0.6 is 0 Å². The van der Waals surface area contributed by atoms with Crippen molar-refractivity contribution in [3.05, 3.63) is 71.2 Å². The lowest BCUT2D eigenvalue weighted by molar-refractivity contribution is 0.403. The van der Waals surface area contributed by atoms with Gasteiger partial charge in [-0.15, -0.1) is 0 Å². The Bertz CT molecular complexity index is 1410. The number of rotatable bonds is 5. The molecule has 2 aromatic carbocycles. The van der Waals surface area contributed by atoms with E-state index in [0.29, 0.717) is 16.9 Å². The van der Waals surface area contributed by atoms with E-state index in [9.17, 15) is 8.42 Å². The summed E-state index contributed by atoms with van der Waals surface area (Å²) in [5.41, 5.74) is 6.34. The molecular weight excluding hydrogens is 412 g/mol. The zero-order chi connectivity index (χ0) is 22.3. The molecule has 0 amide bonds. The molecule has 2 heterocycles. The van der Waals surface area contributed by atoms with Crippen LogP contribution in [0.1, 0.15) is 22.5 Å². The Morgan fingerprint density at radius 1 is 1.03 bits per heavy atom. The van der Waals surface area contributed by atoms with Gasteiger partial charge in [0.15, 0.2) is 5.65 Å². The third-order valence-corrected chi connectivity index (χ3v) is 6.78. The van der Waals surface area contributed by atoms with Gasteiger partial charge in [-0.2, -0.15) is 5.10 Å². The van der Waals surface area contributed by atoms with Crippen LogP contribution in [0.15, 0.2) is 53.6 Å². The second kappa shape index (κ2) is 7.70. The van der Waals surface area contributed by atoms with Gasteiger partial charge in [0, 0.05) is 17.0 Å². The molecule has 0 bridgehead atoms. The molecule has 0 atom stereocenters. The highest BCUT2D eigenvalue weighted by Crippen LogP contribution is 2.33. The molecule has 0 aliphatic carbocycles. The average molecular weight is 437 g/mol. The van der Waals surface area contributed by atoms with E-state index in [2.05, 4.69) is 14.8 Å². The van der Waals surface area contributed by atoms with Gasteiger partial charge in [-0.05, 0) is 68.7 Å². The van der Waals surface area contributed by atoms with Gasteiger partial charge in [-0.1, -0.05) is 18.2 Å². The van der Waals surface area contributed by atoms with Crippen molar-refractivity contribution in [3.8, 4) is 16.9 Å². The van der Waals surface area contributed by atoms with Crippen LogP contribution in [0.25, 0.3) is 16.8 Å². The zero-order valence-electron chi connectivity index (χ0n) is 18.1. The van der Waals surface area contributed by atoms with Gasteiger partial charge in [-0.3, -0.25) is 4.72 Å². The van der Waals surface area contributed by atoms with E-state index in [0.717, 1.165) is 28.1 Å². The molecule has 1 N–H and O–H groups in total. The van der Waals surface area contributed by atoms with E-state index in [1.54, 1.807) is 28.9 Å². The minimum Gasteiger partial charge on any atom is -0.495 e. The molecule has 0 saturated carbocycles. The van der Waals surface area contributed by atoms with Crippen LogP contribution in [0, 0.1) is 27.7 Å². The fourth-order valence-corrected chi connectivity index (χ4v) is 4.91. The van der Waals surface area contributed by atoms with Crippen LogP contribution in [-0.4, -0.2) is 30.1 Å². The lowest BCUT2D eigenvalue weighted by atomic mass is 10.1. The summed E-state index contributed by atoms with van der Waals surface area (Å²) in [7, 11) is -2.45.